The molecule has 0 N–H and O–H groups in total. The van der Waals surface area contributed by atoms with Crippen LogP contribution in [0.5, 0.6) is 0 Å². The van der Waals surface area contributed by atoms with Gasteiger partial charge in [-0.2, -0.15) is 0 Å². The number of amides is 1. The number of hydrogen-bond acceptors (Lipinski definition) is 4. The fourth-order valence-electron chi connectivity index (χ4n) is 2.32. The van der Waals surface area contributed by atoms with E-state index in [1.807, 2.05) is 6.92 Å². The van der Waals surface area contributed by atoms with Crippen molar-refractivity contribution in [1.29, 1.82) is 0 Å². The summed E-state index contributed by atoms with van der Waals surface area (Å²) in [5.74, 6) is 0.972. The molecule has 1 atom stereocenters. The molecule has 2 aliphatic rings. The van der Waals surface area contributed by atoms with Gasteiger partial charge >= 0.3 is 0 Å². The number of rotatable bonds is 1. The van der Waals surface area contributed by atoms with Crippen LogP contribution < -0.4 is 9.80 Å². The zero-order valence-corrected chi connectivity index (χ0v) is 11.3. The molecular weight excluding hydrogens is 284 g/mol. The summed E-state index contributed by atoms with van der Waals surface area (Å²) >= 11 is 3.29. The SMILES string of the molecule is CC1C(=O)N(C)c2cnc(Br)nc2N1C1CC1. The summed E-state index contributed by atoms with van der Waals surface area (Å²) in [5, 5.41) is 0. The van der Waals surface area contributed by atoms with Gasteiger partial charge in [-0.1, -0.05) is 0 Å². The molecule has 6 heteroatoms. The van der Waals surface area contributed by atoms with Crippen molar-refractivity contribution in [2.75, 3.05) is 16.8 Å². The third-order valence-electron chi connectivity index (χ3n) is 3.37. The number of halogens is 1. The molecule has 1 amide bonds. The van der Waals surface area contributed by atoms with Gasteiger partial charge in [0.2, 0.25) is 5.91 Å². The van der Waals surface area contributed by atoms with Gasteiger partial charge in [0, 0.05) is 13.1 Å². The Labute approximate surface area is 108 Å². The topological polar surface area (TPSA) is 49.3 Å². The van der Waals surface area contributed by atoms with E-state index in [9.17, 15) is 4.79 Å². The molecule has 1 fully saturated rings. The molecule has 1 aliphatic heterocycles. The maximum absolute atomic E-state index is 12.1. The van der Waals surface area contributed by atoms with Crippen molar-refractivity contribution in [2.45, 2.75) is 31.8 Å². The van der Waals surface area contributed by atoms with Gasteiger partial charge in [-0.25, -0.2) is 9.97 Å². The van der Waals surface area contributed by atoms with Crippen LogP contribution in [0.2, 0.25) is 0 Å². The summed E-state index contributed by atoms with van der Waals surface area (Å²) < 4.78 is 0.567. The standard InChI is InChI=1S/C11H13BrN4O/c1-6-10(17)15(2)8-5-13-11(12)14-9(8)16(6)7-3-4-7/h5-7H,3-4H2,1-2H3. The lowest BCUT2D eigenvalue weighted by Gasteiger charge is -2.39. The molecule has 1 aromatic rings. The van der Waals surface area contributed by atoms with Gasteiger partial charge in [0.05, 0.1) is 6.20 Å². The van der Waals surface area contributed by atoms with E-state index in [1.54, 1.807) is 18.1 Å². The molecule has 0 bridgehead atoms. The maximum Gasteiger partial charge on any atom is 0.249 e. The summed E-state index contributed by atoms with van der Waals surface area (Å²) in [5.41, 5.74) is 0.795. The summed E-state index contributed by atoms with van der Waals surface area (Å²) in [6.45, 7) is 1.94. The van der Waals surface area contributed by atoms with E-state index in [0.717, 1.165) is 24.3 Å². The minimum Gasteiger partial charge on any atom is -0.340 e. The van der Waals surface area contributed by atoms with Crippen LogP contribution in [0.15, 0.2) is 10.9 Å². The highest BCUT2D eigenvalue weighted by Gasteiger charge is 2.42. The quantitative estimate of drug-likeness (QED) is 0.738. The van der Waals surface area contributed by atoms with Crippen molar-refractivity contribution in [3.63, 3.8) is 0 Å². The van der Waals surface area contributed by atoms with Crippen LogP contribution in [-0.2, 0) is 4.79 Å². The predicted octanol–water partition coefficient (Wildman–Crippen LogP) is 1.57. The fraction of sp³-hybridized carbons (Fsp3) is 0.545. The molecule has 2 heterocycles. The van der Waals surface area contributed by atoms with Crippen LogP contribution in [0, 0.1) is 0 Å². The van der Waals surface area contributed by atoms with Crippen molar-refractivity contribution in [1.82, 2.24) is 9.97 Å². The first kappa shape index (κ1) is 11.0. The molecule has 0 aromatic carbocycles. The number of carbonyl (C=O) groups is 1. The second kappa shape index (κ2) is 3.66. The molecule has 3 rings (SSSR count). The van der Waals surface area contributed by atoms with Crippen molar-refractivity contribution < 1.29 is 4.79 Å². The van der Waals surface area contributed by atoms with E-state index in [0.29, 0.717) is 10.8 Å². The molecule has 0 spiro atoms. The number of aromatic nitrogens is 2. The highest BCUT2D eigenvalue weighted by Crippen LogP contribution is 2.40. The van der Waals surface area contributed by atoms with Crippen LogP contribution >= 0.6 is 15.9 Å². The normalized spacial score (nSPS) is 23.9. The van der Waals surface area contributed by atoms with E-state index in [4.69, 9.17) is 0 Å². The number of likely N-dealkylation sites (N-methyl/N-ethyl adjacent to an activating group) is 1. The zero-order chi connectivity index (χ0) is 12.2. The second-order valence-electron chi connectivity index (χ2n) is 4.56. The van der Waals surface area contributed by atoms with E-state index in [-0.39, 0.29) is 11.9 Å². The Morgan fingerprint density at radius 1 is 1.47 bits per heavy atom. The Balaban J connectivity index is 2.14. The fourth-order valence-corrected chi connectivity index (χ4v) is 2.59. The molecule has 0 radical (unpaired) electrons. The van der Waals surface area contributed by atoms with Crippen LogP contribution in [0.3, 0.4) is 0 Å². The molecular formula is C11H13BrN4O. The van der Waals surface area contributed by atoms with Gasteiger partial charge in [0.1, 0.15) is 11.7 Å². The second-order valence-corrected chi connectivity index (χ2v) is 5.27. The van der Waals surface area contributed by atoms with Gasteiger partial charge in [-0.3, -0.25) is 4.79 Å². The van der Waals surface area contributed by atoms with Crippen LogP contribution in [-0.4, -0.2) is 35.0 Å². The third-order valence-corrected chi connectivity index (χ3v) is 3.75. The summed E-state index contributed by atoms with van der Waals surface area (Å²) in [7, 11) is 1.78. The van der Waals surface area contributed by atoms with E-state index in [1.165, 1.54) is 0 Å². The highest BCUT2D eigenvalue weighted by atomic mass is 79.9. The average molecular weight is 297 g/mol. The molecule has 5 nitrogen and oxygen atoms in total. The number of carbonyl (C=O) groups excluding carboxylic acids is 1. The Kier molecular flexibility index (Phi) is 2.36. The lowest BCUT2D eigenvalue weighted by atomic mass is 10.1. The average Bonchev–Trinajstić information content (AvgIpc) is 3.10. The number of anilines is 2. The number of hydrogen-bond donors (Lipinski definition) is 0. The largest absolute Gasteiger partial charge is 0.340 e. The molecule has 17 heavy (non-hydrogen) atoms. The van der Waals surface area contributed by atoms with Gasteiger partial charge < -0.3 is 9.80 Å². The first-order valence-electron chi connectivity index (χ1n) is 5.68. The van der Waals surface area contributed by atoms with Crippen molar-refractivity contribution >= 4 is 33.3 Å². The highest BCUT2D eigenvalue weighted by molar-refractivity contribution is 9.10. The number of fused-ring (bicyclic) bond motifs is 1. The van der Waals surface area contributed by atoms with Gasteiger partial charge in [-0.05, 0) is 35.7 Å². The van der Waals surface area contributed by atoms with Crippen molar-refractivity contribution in [3.05, 3.63) is 10.9 Å². The molecule has 90 valence electrons. The first-order valence-corrected chi connectivity index (χ1v) is 6.47. The van der Waals surface area contributed by atoms with E-state index in [2.05, 4.69) is 30.8 Å². The minimum absolute atomic E-state index is 0.107. The predicted molar refractivity (Wildman–Crippen MR) is 68.1 cm³/mol. The smallest absolute Gasteiger partial charge is 0.249 e. The Bertz CT molecular complexity index is 488. The number of nitrogens with zero attached hydrogens (tertiary/aromatic N) is 4. The zero-order valence-electron chi connectivity index (χ0n) is 9.72. The first-order chi connectivity index (χ1) is 8.09. The molecule has 0 saturated heterocycles. The van der Waals surface area contributed by atoms with Crippen molar-refractivity contribution in [3.8, 4) is 0 Å². The van der Waals surface area contributed by atoms with Crippen LogP contribution in [0.4, 0.5) is 11.5 Å². The van der Waals surface area contributed by atoms with E-state index < -0.39 is 0 Å². The van der Waals surface area contributed by atoms with Gasteiger partial charge in [0.15, 0.2) is 10.6 Å². The third kappa shape index (κ3) is 1.62. The van der Waals surface area contributed by atoms with Crippen LogP contribution in [0.1, 0.15) is 19.8 Å². The minimum atomic E-state index is -0.137. The Hall–Kier alpha value is -1.17. The molecule has 1 aromatic heterocycles. The van der Waals surface area contributed by atoms with E-state index >= 15 is 0 Å². The Morgan fingerprint density at radius 2 is 2.18 bits per heavy atom. The van der Waals surface area contributed by atoms with Gasteiger partial charge in [-0.15, -0.1) is 0 Å². The van der Waals surface area contributed by atoms with Crippen LogP contribution in [0.25, 0.3) is 0 Å². The molecule has 1 aliphatic carbocycles. The summed E-state index contributed by atoms with van der Waals surface area (Å²) in [4.78, 5) is 24.4. The maximum atomic E-state index is 12.1. The molecule has 1 saturated carbocycles. The monoisotopic (exact) mass is 296 g/mol. The Morgan fingerprint density at radius 3 is 2.82 bits per heavy atom. The van der Waals surface area contributed by atoms with Gasteiger partial charge in [0.25, 0.3) is 0 Å². The summed E-state index contributed by atoms with van der Waals surface area (Å²) in [6, 6.07) is 0.324. The summed E-state index contributed by atoms with van der Waals surface area (Å²) in [6.07, 6.45) is 3.98. The lowest BCUT2D eigenvalue weighted by molar-refractivity contribution is -0.119. The molecule has 1 unspecified atom stereocenters. The van der Waals surface area contributed by atoms with Crippen molar-refractivity contribution in [2.24, 2.45) is 0 Å². The lowest BCUT2D eigenvalue weighted by Crippen LogP contribution is -2.52.